The molecule has 1 fully saturated rings. The number of carboxylic acid groups (broad SMARTS) is 1. The zero-order valence-corrected chi connectivity index (χ0v) is 13.7. The lowest BCUT2D eigenvalue weighted by Crippen LogP contribution is -2.32. The SMILES string of the molecule is Cc1cc(N2CCN(CCc3ccccc3)C2=O)sc1C(=O)O. The maximum atomic E-state index is 12.5. The van der Waals surface area contributed by atoms with E-state index in [4.69, 9.17) is 5.11 Å². The lowest BCUT2D eigenvalue weighted by Gasteiger charge is -2.17. The monoisotopic (exact) mass is 330 g/mol. The van der Waals surface area contributed by atoms with Gasteiger partial charge in [-0.2, -0.15) is 0 Å². The molecule has 2 amide bonds. The summed E-state index contributed by atoms with van der Waals surface area (Å²) in [6.45, 7) is 3.71. The van der Waals surface area contributed by atoms with Crippen LogP contribution in [0.1, 0.15) is 20.8 Å². The van der Waals surface area contributed by atoms with Crippen LogP contribution < -0.4 is 4.90 Å². The minimum atomic E-state index is -0.939. The lowest BCUT2D eigenvalue weighted by molar-refractivity contribution is 0.0701. The van der Waals surface area contributed by atoms with Gasteiger partial charge in [-0.05, 0) is 30.5 Å². The summed E-state index contributed by atoms with van der Waals surface area (Å²) in [5.41, 5.74) is 1.91. The van der Waals surface area contributed by atoms with Crippen molar-refractivity contribution in [3.05, 3.63) is 52.4 Å². The first-order valence-electron chi connectivity index (χ1n) is 7.50. The van der Waals surface area contributed by atoms with Crippen molar-refractivity contribution in [2.24, 2.45) is 0 Å². The van der Waals surface area contributed by atoms with E-state index in [0.717, 1.165) is 17.8 Å². The summed E-state index contributed by atoms with van der Waals surface area (Å²) in [5.74, 6) is -0.939. The molecule has 23 heavy (non-hydrogen) atoms. The Morgan fingerprint density at radius 3 is 2.65 bits per heavy atom. The Bertz CT molecular complexity index is 727. The second-order valence-electron chi connectivity index (χ2n) is 5.56. The van der Waals surface area contributed by atoms with Crippen LogP contribution in [0.15, 0.2) is 36.4 Å². The van der Waals surface area contributed by atoms with Crippen LogP contribution in [0.25, 0.3) is 0 Å². The molecule has 1 aliphatic heterocycles. The molecule has 1 saturated heterocycles. The number of amides is 2. The summed E-state index contributed by atoms with van der Waals surface area (Å²) >= 11 is 1.16. The van der Waals surface area contributed by atoms with E-state index in [2.05, 4.69) is 12.1 Å². The molecule has 5 nitrogen and oxygen atoms in total. The van der Waals surface area contributed by atoms with Crippen LogP contribution in [0.3, 0.4) is 0 Å². The number of anilines is 1. The third-order valence-electron chi connectivity index (χ3n) is 3.97. The first-order chi connectivity index (χ1) is 11.1. The molecule has 0 bridgehead atoms. The number of urea groups is 1. The predicted molar refractivity (Wildman–Crippen MR) is 90.5 cm³/mol. The van der Waals surface area contributed by atoms with E-state index in [9.17, 15) is 9.59 Å². The first-order valence-corrected chi connectivity index (χ1v) is 8.32. The van der Waals surface area contributed by atoms with E-state index in [0.29, 0.717) is 35.1 Å². The van der Waals surface area contributed by atoms with Gasteiger partial charge in [-0.1, -0.05) is 30.3 Å². The van der Waals surface area contributed by atoms with E-state index in [1.807, 2.05) is 23.1 Å². The van der Waals surface area contributed by atoms with E-state index in [-0.39, 0.29) is 6.03 Å². The predicted octanol–water partition coefficient (Wildman–Crippen LogP) is 3.24. The normalized spacial score (nSPS) is 14.6. The topological polar surface area (TPSA) is 60.9 Å². The van der Waals surface area contributed by atoms with Crippen molar-refractivity contribution >= 4 is 28.3 Å². The van der Waals surface area contributed by atoms with Crippen molar-refractivity contribution in [2.45, 2.75) is 13.3 Å². The Morgan fingerprint density at radius 2 is 2.00 bits per heavy atom. The Morgan fingerprint density at radius 1 is 1.26 bits per heavy atom. The summed E-state index contributed by atoms with van der Waals surface area (Å²) < 4.78 is 0. The molecule has 120 valence electrons. The molecule has 2 heterocycles. The van der Waals surface area contributed by atoms with Gasteiger partial charge < -0.3 is 10.0 Å². The molecule has 1 aromatic heterocycles. The van der Waals surface area contributed by atoms with Crippen LogP contribution in [-0.2, 0) is 6.42 Å². The van der Waals surface area contributed by atoms with Gasteiger partial charge in [0, 0.05) is 19.6 Å². The number of hydrogen-bond acceptors (Lipinski definition) is 3. The third kappa shape index (κ3) is 3.22. The van der Waals surface area contributed by atoms with Crippen LogP contribution in [0.5, 0.6) is 0 Å². The van der Waals surface area contributed by atoms with Crippen LogP contribution >= 0.6 is 11.3 Å². The standard InChI is InChI=1S/C17H18N2O3S/c1-12-11-14(23-15(12)16(20)21)19-10-9-18(17(19)22)8-7-13-5-3-2-4-6-13/h2-6,11H,7-10H2,1H3,(H,20,21). The van der Waals surface area contributed by atoms with Crippen molar-refractivity contribution in [1.29, 1.82) is 0 Å². The number of thiophene rings is 1. The van der Waals surface area contributed by atoms with Crippen molar-refractivity contribution in [3.8, 4) is 0 Å². The molecule has 3 rings (SSSR count). The van der Waals surface area contributed by atoms with Crippen molar-refractivity contribution in [3.63, 3.8) is 0 Å². The molecule has 0 atom stereocenters. The molecule has 0 saturated carbocycles. The van der Waals surface area contributed by atoms with Gasteiger partial charge in [-0.25, -0.2) is 9.59 Å². The number of carboxylic acids is 1. The molecular formula is C17H18N2O3S. The molecule has 0 spiro atoms. The van der Waals surface area contributed by atoms with Crippen molar-refractivity contribution in [2.75, 3.05) is 24.5 Å². The molecule has 2 aromatic rings. The molecule has 6 heteroatoms. The van der Waals surface area contributed by atoms with Gasteiger partial charge in [-0.15, -0.1) is 11.3 Å². The summed E-state index contributed by atoms with van der Waals surface area (Å²) in [7, 11) is 0. The number of rotatable bonds is 5. The second kappa shape index (κ2) is 6.42. The Balaban J connectivity index is 1.67. The van der Waals surface area contributed by atoms with Gasteiger partial charge >= 0.3 is 12.0 Å². The Kier molecular flexibility index (Phi) is 4.34. The average molecular weight is 330 g/mol. The molecule has 1 N–H and O–H groups in total. The Hall–Kier alpha value is -2.34. The molecule has 0 unspecified atom stereocenters. The molecule has 0 radical (unpaired) electrons. The number of benzene rings is 1. The van der Waals surface area contributed by atoms with Gasteiger partial charge in [0.1, 0.15) is 9.88 Å². The fourth-order valence-electron chi connectivity index (χ4n) is 2.71. The lowest BCUT2D eigenvalue weighted by atomic mass is 10.1. The summed E-state index contributed by atoms with van der Waals surface area (Å²) in [4.78, 5) is 27.5. The van der Waals surface area contributed by atoms with Crippen LogP contribution in [-0.4, -0.2) is 41.6 Å². The highest BCUT2D eigenvalue weighted by molar-refractivity contribution is 7.18. The third-order valence-corrected chi connectivity index (χ3v) is 5.22. The van der Waals surface area contributed by atoms with Crippen LogP contribution in [0, 0.1) is 6.92 Å². The maximum Gasteiger partial charge on any atom is 0.346 e. The van der Waals surface area contributed by atoms with Gasteiger partial charge in [0.15, 0.2) is 0 Å². The highest BCUT2D eigenvalue weighted by Gasteiger charge is 2.31. The number of aromatic carboxylic acids is 1. The van der Waals surface area contributed by atoms with E-state index < -0.39 is 5.97 Å². The number of nitrogens with zero attached hydrogens (tertiary/aromatic N) is 2. The summed E-state index contributed by atoms with van der Waals surface area (Å²) in [5, 5.41) is 9.86. The van der Waals surface area contributed by atoms with E-state index in [1.165, 1.54) is 5.56 Å². The zero-order chi connectivity index (χ0) is 16.4. The fourth-order valence-corrected chi connectivity index (χ4v) is 3.75. The van der Waals surface area contributed by atoms with E-state index >= 15 is 0 Å². The Labute approximate surface area is 138 Å². The number of hydrogen-bond donors (Lipinski definition) is 1. The molecule has 1 aliphatic rings. The first kappa shape index (κ1) is 15.6. The van der Waals surface area contributed by atoms with Crippen molar-refractivity contribution < 1.29 is 14.7 Å². The summed E-state index contributed by atoms with van der Waals surface area (Å²) in [6, 6.07) is 11.8. The minimum absolute atomic E-state index is 0.0425. The van der Waals surface area contributed by atoms with Gasteiger partial charge in [0.05, 0.1) is 0 Å². The fraction of sp³-hybridized carbons (Fsp3) is 0.294. The smallest absolute Gasteiger partial charge is 0.346 e. The molecular weight excluding hydrogens is 312 g/mol. The average Bonchev–Trinajstić information content (AvgIpc) is 3.09. The van der Waals surface area contributed by atoms with Gasteiger partial charge in [-0.3, -0.25) is 4.90 Å². The highest BCUT2D eigenvalue weighted by atomic mass is 32.1. The quantitative estimate of drug-likeness (QED) is 0.915. The zero-order valence-electron chi connectivity index (χ0n) is 12.9. The summed E-state index contributed by atoms with van der Waals surface area (Å²) in [6.07, 6.45) is 0.824. The molecule has 1 aromatic carbocycles. The number of aryl methyl sites for hydroxylation is 1. The minimum Gasteiger partial charge on any atom is -0.477 e. The largest absolute Gasteiger partial charge is 0.477 e. The van der Waals surface area contributed by atoms with Gasteiger partial charge in [0.25, 0.3) is 0 Å². The van der Waals surface area contributed by atoms with Crippen LogP contribution in [0.2, 0.25) is 0 Å². The number of carbonyl (C=O) groups is 2. The molecule has 0 aliphatic carbocycles. The van der Waals surface area contributed by atoms with E-state index in [1.54, 1.807) is 17.9 Å². The van der Waals surface area contributed by atoms with Gasteiger partial charge in [0.2, 0.25) is 0 Å². The van der Waals surface area contributed by atoms with Crippen molar-refractivity contribution in [1.82, 2.24) is 4.90 Å². The highest BCUT2D eigenvalue weighted by Crippen LogP contribution is 2.32. The number of carbonyl (C=O) groups excluding carboxylic acids is 1. The maximum absolute atomic E-state index is 12.5. The second-order valence-corrected chi connectivity index (χ2v) is 6.59. The van der Waals surface area contributed by atoms with Crippen LogP contribution in [0.4, 0.5) is 9.80 Å².